The zero-order valence-electron chi connectivity index (χ0n) is 10.4. The molecule has 2 aromatic rings. The van der Waals surface area contributed by atoms with Crippen molar-refractivity contribution in [2.45, 2.75) is 26.2 Å². The fourth-order valence-electron chi connectivity index (χ4n) is 2.11. The van der Waals surface area contributed by atoms with Gasteiger partial charge >= 0.3 is 0 Å². The molecule has 1 heterocycles. The third kappa shape index (κ3) is 2.96. The first-order valence-electron chi connectivity index (χ1n) is 6.00. The predicted octanol–water partition coefficient (Wildman–Crippen LogP) is 3.65. The maximum absolute atomic E-state index is 5.91. The van der Waals surface area contributed by atoms with Crippen LogP contribution in [0.1, 0.15) is 27.5 Å². The number of hydrogen-bond acceptors (Lipinski definition) is 2. The van der Waals surface area contributed by atoms with E-state index in [1.165, 1.54) is 21.6 Å². The first kappa shape index (κ1) is 12.3. The highest BCUT2D eigenvalue weighted by atomic mass is 32.1. The van der Waals surface area contributed by atoms with Crippen LogP contribution in [-0.4, -0.2) is 6.54 Å². The van der Waals surface area contributed by atoms with E-state index in [1.54, 1.807) is 11.3 Å². The Labute approximate surface area is 107 Å². The lowest BCUT2D eigenvalue weighted by Crippen LogP contribution is -2.14. The first-order valence-corrected chi connectivity index (χ1v) is 6.88. The Morgan fingerprint density at radius 2 is 2.06 bits per heavy atom. The summed E-state index contributed by atoms with van der Waals surface area (Å²) in [6.07, 6.45) is 1.05. The fraction of sp³-hybridized carbons (Fsp3) is 0.333. The first-order chi connectivity index (χ1) is 8.20. The van der Waals surface area contributed by atoms with Crippen molar-refractivity contribution in [2.24, 2.45) is 5.73 Å². The lowest BCUT2D eigenvalue weighted by molar-refractivity contribution is 0.704. The molecular weight excluding hydrogens is 226 g/mol. The smallest absolute Gasteiger partial charge is 0.00959 e. The largest absolute Gasteiger partial charge is 0.330 e. The van der Waals surface area contributed by atoms with Crippen molar-refractivity contribution in [3.8, 4) is 0 Å². The number of aryl methyl sites for hydroxylation is 2. The van der Waals surface area contributed by atoms with Crippen LogP contribution in [0.5, 0.6) is 0 Å². The van der Waals surface area contributed by atoms with Gasteiger partial charge in [-0.1, -0.05) is 29.8 Å². The highest BCUT2D eigenvalue weighted by molar-refractivity contribution is 7.10. The van der Waals surface area contributed by atoms with Gasteiger partial charge in [0.15, 0.2) is 0 Å². The topological polar surface area (TPSA) is 26.0 Å². The zero-order valence-corrected chi connectivity index (χ0v) is 11.3. The molecule has 0 aliphatic heterocycles. The van der Waals surface area contributed by atoms with E-state index < -0.39 is 0 Å². The van der Waals surface area contributed by atoms with Crippen LogP contribution in [0.2, 0.25) is 0 Å². The molecule has 1 aromatic carbocycles. The van der Waals surface area contributed by atoms with Crippen molar-refractivity contribution in [2.75, 3.05) is 6.54 Å². The Kier molecular flexibility index (Phi) is 3.97. The van der Waals surface area contributed by atoms with E-state index in [4.69, 9.17) is 5.73 Å². The summed E-state index contributed by atoms with van der Waals surface area (Å²) in [5.41, 5.74) is 10.0. The molecule has 0 bridgehead atoms. The van der Waals surface area contributed by atoms with E-state index in [9.17, 15) is 0 Å². The number of hydrogen-bond donors (Lipinski definition) is 1. The summed E-state index contributed by atoms with van der Waals surface area (Å²) in [6, 6.07) is 10.9. The lowest BCUT2D eigenvalue weighted by Gasteiger charge is -2.15. The molecule has 0 aliphatic carbocycles. The van der Waals surface area contributed by atoms with Gasteiger partial charge in [0.2, 0.25) is 0 Å². The average Bonchev–Trinajstić information content (AvgIpc) is 2.84. The van der Waals surface area contributed by atoms with Gasteiger partial charge in [-0.2, -0.15) is 0 Å². The third-order valence-electron chi connectivity index (χ3n) is 3.20. The Hall–Kier alpha value is -1.12. The van der Waals surface area contributed by atoms with Crippen molar-refractivity contribution in [3.05, 3.63) is 57.3 Å². The van der Waals surface area contributed by atoms with Gasteiger partial charge in [-0.15, -0.1) is 11.3 Å². The fourth-order valence-corrected chi connectivity index (χ4v) is 2.95. The average molecular weight is 245 g/mol. The summed E-state index contributed by atoms with van der Waals surface area (Å²) in [5, 5.41) is 2.13. The van der Waals surface area contributed by atoms with Crippen molar-refractivity contribution < 1.29 is 0 Å². The molecule has 0 radical (unpaired) electrons. The van der Waals surface area contributed by atoms with Crippen LogP contribution in [0.25, 0.3) is 0 Å². The van der Waals surface area contributed by atoms with Crippen molar-refractivity contribution in [1.82, 2.24) is 0 Å². The SMILES string of the molecule is Cc1ccc(C)c(CC(CN)c2cccs2)c1. The molecule has 0 saturated carbocycles. The molecule has 2 rings (SSSR count). The quantitative estimate of drug-likeness (QED) is 0.874. The summed E-state index contributed by atoms with van der Waals surface area (Å²) in [7, 11) is 0. The summed E-state index contributed by atoms with van der Waals surface area (Å²) < 4.78 is 0. The van der Waals surface area contributed by atoms with Gasteiger partial charge in [-0.05, 0) is 42.8 Å². The minimum atomic E-state index is 0.454. The second-order valence-corrected chi connectivity index (χ2v) is 5.56. The number of rotatable bonds is 4. The van der Waals surface area contributed by atoms with Gasteiger partial charge in [-0.3, -0.25) is 0 Å². The van der Waals surface area contributed by atoms with Crippen molar-refractivity contribution >= 4 is 11.3 Å². The van der Waals surface area contributed by atoms with Gasteiger partial charge in [0.05, 0.1) is 0 Å². The van der Waals surface area contributed by atoms with Gasteiger partial charge in [0, 0.05) is 17.3 Å². The number of nitrogens with two attached hydrogens (primary N) is 1. The molecule has 0 aliphatic rings. The Balaban J connectivity index is 2.21. The Morgan fingerprint density at radius 3 is 2.71 bits per heavy atom. The summed E-state index contributed by atoms with van der Waals surface area (Å²) in [5.74, 6) is 0.454. The van der Waals surface area contributed by atoms with Crippen LogP contribution in [-0.2, 0) is 6.42 Å². The number of thiophene rings is 1. The van der Waals surface area contributed by atoms with E-state index in [2.05, 4.69) is 49.6 Å². The minimum Gasteiger partial charge on any atom is -0.330 e. The minimum absolute atomic E-state index is 0.454. The molecule has 1 unspecified atom stereocenters. The standard InChI is InChI=1S/C15H19NS/c1-11-5-6-12(2)13(8-11)9-14(10-16)15-4-3-7-17-15/h3-8,14H,9-10,16H2,1-2H3. The van der Waals surface area contributed by atoms with Crippen molar-refractivity contribution in [3.63, 3.8) is 0 Å². The molecule has 2 heteroatoms. The van der Waals surface area contributed by atoms with E-state index in [0.717, 1.165) is 6.42 Å². The van der Waals surface area contributed by atoms with E-state index >= 15 is 0 Å². The van der Waals surface area contributed by atoms with Gasteiger partial charge < -0.3 is 5.73 Å². The number of benzene rings is 1. The summed E-state index contributed by atoms with van der Waals surface area (Å²) in [6.45, 7) is 5.04. The molecule has 1 aromatic heterocycles. The van der Waals surface area contributed by atoms with E-state index in [1.807, 2.05) is 0 Å². The van der Waals surface area contributed by atoms with Gasteiger partial charge in [0.25, 0.3) is 0 Å². The molecular formula is C15H19NS. The predicted molar refractivity (Wildman–Crippen MR) is 75.7 cm³/mol. The maximum atomic E-state index is 5.91. The highest BCUT2D eigenvalue weighted by Crippen LogP contribution is 2.25. The zero-order chi connectivity index (χ0) is 12.3. The molecule has 2 N–H and O–H groups in total. The maximum Gasteiger partial charge on any atom is 0.00959 e. The van der Waals surface area contributed by atoms with Crippen molar-refractivity contribution in [1.29, 1.82) is 0 Å². The molecule has 17 heavy (non-hydrogen) atoms. The van der Waals surface area contributed by atoms with E-state index in [-0.39, 0.29) is 0 Å². The molecule has 90 valence electrons. The van der Waals surface area contributed by atoms with Gasteiger partial charge in [0.1, 0.15) is 0 Å². The highest BCUT2D eigenvalue weighted by Gasteiger charge is 2.12. The summed E-state index contributed by atoms with van der Waals surface area (Å²) >= 11 is 1.80. The molecule has 0 amide bonds. The normalized spacial score (nSPS) is 12.6. The molecule has 0 fully saturated rings. The molecule has 1 nitrogen and oxygen atoms in total. The Morgan fingerprint density at radius 1 is 1.24 bits per heavy atom. The van der Waals surface area contributed by atoms with E-state index in [0.29, 0.717) is 12.5 Å². The van der Waals surface area contributed by atoms with Gasteiger partial charge in [-0.25, -0.2) is 0 Å². The Bertz CT molecular complexity index is 474. The van der Waals surface area contributed by atoms with Crippen LogP contribution in [0.15, 0.2) is 35.7 Å². The van der Waals surface area contributed by atoms with Crippen LogP contribution in [0, 0.1) is 13.8 Å². The molecule has 1 atom stereocenters. The lowest BCUT2D eigenvalue weighted by atomic mass is 9.94. The van der Waals surface area contributed by atoms with Crippen LogP contribution < -0.4 is 5.73 Å². The summed E-state index contributed by atoms with van der Waals surface area (Å²) in [4.78, 5) is 1.40. The van der Waals surface area contributed by atoms with Crippen LogP contribution >= 0.6 is 11.3 Å². The monoisotopic (exact) mass is 245 g/mol. The molecule has 0 spiro atoms. The van der Waals surface area contributed by atoms with Crippen LogP contribution in [0.3, 0.4) is 0 Å². The second-order valence-electron chi connectivity index (χ2n) is 4.58. The van der Waals surface area contributed by atoms with Crippen LogP contribution in [0.4, 0.5) is 0 Å². The second kappa shape index (κ2) is 5.48. The molecule has 0 saturated heterocycles. The third-order valence-corrected chi connectivity index (χ3v) is 4.24.